The molecule has 3 rings (SSSR count). The number of benzene rings is 2. The minimum Gasteiger partial charge on any atom is -0.493 e. The highest BCUT2D eigenvalue weighted by atomic mass is 32.2. The molecule has 4 nitrogen and oxygen atoms in total. The minimum atomic E-state index is -0.109. The van der Waals surface area contributed by atoms with Crippen LogP contribution < -0.4 is 14.4 Å². The normalized spacial score (nSPS) is 15.5. The van der Waals surface area contributed by atoms with E-state index in [4.69, 9.17) is 21.7 Å². The van der Waals surface area contributed by atoms with Crippen molar-refractivity contribution >= 4 is 46.0 Å². The van der Waals surface area contributed by atoms with Crippen LogP contribution in [0.25, 0.3) is 6.08 Å². The first-order valence-electron chi connectivity index (χ1n) is 8.75. The molecule has 0 bridgehead atoms. The molecular formula is C21H21NO3S2. The third-order valence-corrected chi connectivity index (χ3v) is 5.48. The van der Waals surface area contributed by atoms with Crippen molar-refractivity contribution in [1.82, 2.24) is 0 Å². The average molecular weight is 400 g/mol. The lowest BCUT2D eigenvalue weighted by Crippen LogP contribution is -2.27. The third-order valence-electron chi connectivity index (χ3n) is 4.18. The van der Waals surface area contributed by atoms with Crippen molar-refractivity contribution in [3.63, 3.8) is 0 Å². The molecule has 6 heteroatoms. The van der Waals surface area contributed by atoms with Crippen LogP contribution in [0, 0.1) is 0 Å². The third kappa shape index (κ3) is 4.17. The van der Waals surface area contributed by atoms with E-state index in [-0.39, 0.29) is 5.91 Å². The van der Waals surface area contributed by atoms with Crippen LogP contribution >= 0.6 is 24.0 Å². The van der Waals surface area contributed by atoms with E-state index in [0.29, 0.717) is 27.3 Å². The Bertz CT molecular complexity index is 891. The van der Waals surface area contributed by atoms with Crippen LogP contribution in [0.1, 0.15) is 25.0 Å². The topological polar surface area (TPSA) is 38.8 Å². The lowest BCUT2D eigenvalue weighted by Gasteiger charge is -2.14. The van der Waals surface area contributed by atoms with Crippen molar-refractivity contribution in [1.29, 1.82) is 0 Å². The van der Waals surface area contributed by atoms with Crippen molar-refractivity contribution in [2.24, 2.45) is 0 Å². The molecule has 0 aromatic heterocycles. The molecule has 140 valence electrons. The van der Waals surface area contributed by atoms with Gasteiger partial charge >= 0.3 is 0 Å². The number of ether oxygens (including phenoxy) is 2. The lowest BCUT2D eigenvalue weighted by molar-refractivity contribution is -0.113. The second-order valence-electron chi connectivity index (χ2n) is 5.88. The highest BCUT2D eigenvalue weighted by molar-refractivity contribution is 8.27. The number of thiocarbonyl (C=S) groups is 1. The maximum Gasteiger partial charge on any atom is 0.270 e. The summed E-state index contributed by atoms with van der Waals surface area (Å²) >= 11 is 6.75. The second-order valence-corrected chi connectivity index (χ2v) is 7.56. The van der Waals surface area contributed by atoms with Crippen LogP contribution in [-0.4, -0.2) is 23.9 Å². The molecule has 1 amide bonds. The Labute approximate surface area is 169 Å². The van der Waals surface area contributed by atoms with Crippen LogP contribution in [0.3, 0.4) is 0 Å². The number of carbonyl (C=O) groups is 1. The van der Waals surface area contributed by atoms with Crippen molar-refractivity contribution < 1.29 is 14.3 Å². The molecular weight excluding hydrogens is 378 g/mol. The molecule has 1 fully saturated rings. The van der Waals surface area contributed by atoms with Crippen molar-refractivity contribution in [2.75, 3.05) is 18.6 Å². The number of hydrogen-bond acceptors (Lipinski definition) is 5. The Balaban J connectivity index is 1.87. The Morgan fingerprint density at radius 2 is 1.85 bits per heavy atom. The molecule has 0 N–H and O–H groups in total. The molecule has 0 aliphatic carbocycles. The first-order valence-corrected chi connectivity index (χ1v) is 9.97. The average Bonchev–Trinajstić information content (AvgIpc) is 2.96. The minimum absolute atomic E-state index is 0.109. The van der Waals surface area contributed by atoms with E-state index in [1.807, 2.05) is 55.5 Å². The monoisotopic (exact) mass is 399 g/mol. The quantitative estimate of drug-likeness (QED) is 0.501. The summed E-state index contributed by atoms with van der Waals surface area (Å²) in [4.78, 5) is 15.1. The zero-order valence-corrected chi connectivity index (χ0v) is 17.2. The first-order chi connectivity index (χ1) is 13.1. The fraction of sp³-hybridized carbons (Fsp3) is 0.238. The fourth-order valence-corrected chi connectivity index (χ4v) is 4.07. The molecule has 0 radical (unpaired) electrons. The van der Waals surface area contributed by atoms with Gasteiger partial charge in [-0.05, 0) is 54.8 Å². The van der Waals surface area contributed by atoms with Gasteiger partial charge in [0.1, 0.15) is 0 Å². The number of carbonyl (C=O) groups excluding carboxylic acids is 1. The first kappa shape index (κ1) is 19.5. The largest absolute Gasteiger partial charge is 0.493 e. The van der Waals surface area contributed by atoms with Gasteiger partial charge < -0.3 is 9.47 Å². The zero-order valence-electron chi connectivity index (χ0n) is 15.5. The van der Waals surface area contributed by atoms with E-state index in [0.717, 1.165) is 17.7 Å². The van der Waals surface area contributed by atoms with Crippen LogP contribution in [0.5, 0.6) is 11.5 Å². The number of methoxy groups -OCH3 is 1. The molecule has 1 saturated heterocycles. The lowest BCUT2D eigenvalue weighted by atomic mass is 10.1. The van der Waals surface area contributed by atoms with Gasteiger partial charge in [0.25, 0.3) is 5.91 Å². The maximum absolute atomic E-state index is 12.9. The summed E-state index contributed by atoms with van der Waals surface area (Å²) in [5.41, 5.74) is 2.88. The maximum atomic E-state index is 12.9. The molecule has 0 unspecified atom stereocenters. The van der Waals surface area contributed by atoms with Crippen molar-refractivity contribution in [3.05, 3.63) is 58.5 Å². The van der Waals surface area contributed by atoms with Gasteiger partial charge in [0.05, 0.1) is 24.3 Å². The summed E-state index contributed by atoms with van der Waals surface area (Å²) in [6.07, 6.45) is 2.79. The summed E-state index contributed by atoms with van der Waals surface area (Å²) in [7, 11) is 1.60. The number of amides is 1. The van der Waals surface area contributed by atoms with Crippen LogP contribution in [0.15, 0.2) is 47.4 Å². The second kappa shape index (κ2) is 8.59. The van der Waals surface area contributed by atoms with Gasteiger partial charge in [-0.15, -0.1) is 0 Å². The van der Waals surface area contributed by atoms with E-state index in [1.54, 1.807) is 12.0 Å². The number of nitrogens with zero attached hydrogens (tertiary/aromatic N) is 1. The SMILES string of the molecule is CCOc1ccc(C=C2SC(=S)N(c3ccc(CC)cc3)C2=O)cc1OC. The van der Waals surface area contributed by atoms with E-state index in [1.165, 1.54) is 17.3 Å². The van der Waals surface area contributed by atoms with Gasteiger partial charge in [0, 0.05) is 0 Å². The van der Waals surface area contributed by atoms with Gasteiger partial charge in [-0.25, -0.2) is 0 Å². The molecule has 1 aliphatic heterocycles. The number of hydrogen-bond donors (Lipinski definition) is 0. The van der Waals surface area contributed by atoms with Crippen LogP contribution in [0.4, 0.5) is 5.69 Å². The number of aryl methyl sites for hydroxylation is 1. The standard InChI is InChI=1S/C21H21NO3S2/c1-4-14-6-9-16(10-7-14)22-20(23)19(27-21(22)26)13-15-8-11-17(25-5-2)18(12-15)24-3/h6-13H,4-5H2,1-3H3. The van der Waals surface area contributed by atoms with E-state index in [2.05, 4.69) is 6.92 Å². The van der Waals surface area contributed by atoms with Gasteiger partial charge in [0.15, 0.2) is 15.8 Å². The zero-order chi connectivity index (χ0) is 19.4. The smallest absolute Gasteiger partial charge is 0.270 e. The summed E-state index contributed by atoms with van der Waals surface area (Å²) in [6, 6.07) is 13.5. The highest BCUT2D eigenvalue weighted by Crippen LogP contribution is 2.37. The Morgan fingerprint density at radius 1 is 1.11 bits per heavy atom. The number of anilines is 1. The molecule has 1 aliphatic rings. The molecule has 0 atom stereocenters. The Hall–Kier alpha value is -2.31. The summed E-state index contributed by atoms with van der Waals surface area (Å²) in [5, 5.41) is 0. The molecule has 2 aromatic carbocycles. The molecule has 0 saturated carbocycles. The van der Waals surface area contributed by atoms with Crippen LogP contribution in [0.2, 0.25) is 0 Å². The Morgan fingerprint density at radius 3 is 2.48 bits per heavy atom. The molecule has 0 spiro atoms. The Kier molecular flexibility index (Phi) is 6.19. The highest BCUT2D eigenvalue weighted by Gasteiger charge is 2.33. The van der Waals surface area contributed by atoms with E-state index >= 15 is 0 Å². The molecule has 2 aromatic rings. The van der Waals surface area contributed by atoms with Gasteiger partial charge in [-0.1, -0.05) is 49.1 Å². The fourth-order valence-electron chi connectivity index (χ4n) is 2.77. The van der Waals surface area contributed by atoms with Crippen LogP contribution in [-0.2, 0) is 11.2 Å². The predicted molar refractivity (Wildman–Crippen MR) is 116 cm³/mol. The van der Waals surface area contributed by atoms with Gasteiger partial charge in [0.2, 0.25) is 0 Å². The van der Waals surface area contributed by atoms with Gasteiger partial charge in [-0.2, -0.15) is 0 Å². The predicted octanol–water partition coefficient (Wildman–Crippen LogP) is 5.06. The molecule has 1 heterocycles. The van der Waals surface area contributed by atoms with Gasteiger partial charge in [-0.3, -0.25) is 9.69 Å². The summed E-state index contributed by atoms with van der Waals surface area (Å²) in [5.74, 6) is 1.21. The summed E-state index contributed by atoms with van der Waals surface area (Å²) in [6.45, 7) is 4.58. The summed E-state index contributed by atoms with van der Waals surface area (Å²) < 4.78 is 11.5. The van der Waals surface area contributed by atoms with E-state index in [9.17, 15) is 4.79 Å². The number of thioether (sulfide) groups is 1. The van der Waals surface area contributed by atoms with Crippen molar-refractivity contribution in [2.45, 2.75) is 20.3 Å². The molecule has 27 heavy (non-hydrogen) atoms. The number of rotatable bonds is 6. The van der Waals surface area contributed by atoms with E-state index < -0.39 is 0 Å². The van der Waals surface area contributed by atoms with Crippen molar-refractivity contribution in [3.8, 4) is 11.5 Å².